The van der Waals surface area contributed by atoms with Crippen molar-refractivity contribution in [2.75, 3.05) is 32.7 Å². The summed E-state index contributed by atoms with van der Waals surface area (Å²) in [5, 5.41) is 14.5. The SMILES string of the molecule is O=C=NCC1CCCC(CNC(=O)NCCN2CC(C(=O)O)CC2=O)C1. The molecule has 144 valence electrons. The van der Waals surface area contributed by atoms with Gasteiger partial charge in [-0.05, 0) is 31.1 Å². The molecule has 1 aliphatic heterocycles. The highest BCUT2D eigenvalue weighted by atomic mass is 16.4. The fourth-order valence-corrected chi connectivity index (χ4v) is 3.68. The van der Waals surface area contributed by atoms with Gasteiger partial charge in [-0.3, -0.25) is 9.59 Å². The Morgan fingerprint density at radius 2 is 2.04 bits per heavy atom. The van der Waals surface area contributed by atoms with Crippen molar-refractivity contribution in [3.8, 4) is 0 Å². The lowest BCUT2D eigenvalue weighted by atomic mass is 9.81. The number of carboxylic acids is 1. The minimum atomic E-state index is -0.962. The standard InChI is InChI=1S/C17H26N4O5/c22-11-18-8-12-2-1-3-13(6-12)9-20-17(26)19-4-5-21-10-14(16(24)25)7-15(21)23/h12-14H,1-10H2,(H,24,25)(H2,19,20,26). The number of urea groups is 1. The molecule has 1 saturated carbocycles. The van der Waals surface area contributed by atoms with E-state index >= 15 is 0 Å². The van der Waals surface area contributed by atoms with Crippen molar-refractivity contribution in [3.05, 3.63) is 0 Å². The van der Waals surface area contributed by atoms with Gasteiger partial charge in [-0.1, -0.05) is 6.42 Å². The van der Waals surface area contributed by atoms with Crippen molar-refractivity contribution < 1.29 is 24.3 Å². The number of carbonyl (C=O) groups excluding carboxylic acids is 3. The van der Waals surface area contributed by atoms with E-state index in [9.17, 15) is 19.2 Å². The van der Waals surface area contributed by atoms with Crippen molar-refractivity contribution in [3.63, 3.8) is 0 Å². The summed E-state index contributed by atoms with van der Waals surface area (Å²) in [4.78, 5) is 49.8. The summed E-state index contributed by atoms with van der Waals surface area (Å²) in [6, 6.07) is -0.292. The number of nitrogens with zero attached hydrogens (tertiary/aromatic N) is 2. The number of aliphatic carboxylic acids is 1. The maximum Gasteiger partial charge on any atom is 0.314 e. The maximum atomic E-state index is 11.9. The largest absolute Gasteiger partial charge is 0.481 e. The first-order valence-corrected chi connectivity index (χ1v) is 9.05. The summed E-state index contributed by atoms with van der Waals surface area (Å²) in [5.74, 6) is -1.05. The van der Waals surface area contributed by atoms with E-state index in [1.165, 1.54) is 4.90 Å². The van der Waals surface area contributed by atoms with E-state index in [2.05, 4.69) is 15.6 Å². The number of likely N-dealkylation sites (tertiary alicyclic amines) is 1. The molecule has 2 fully saturated rings. The van der Waals surface area contributed by atoms with Gasteiger partial charge in [0.2, 0.25) is 12.0 Å². The predicted molar refractivity (Wildman–Crippen MR) is 92.2 cm³/mol. The Labute approximate surface area is 152 Å². The van der Waals surface area contributed by atoms with Crippen LogP contribution in [-0.4, -0.2) is 66.7 Å². The van der Waals surface area contributed by atoms with E-state index in [1.807, 2.05) is 0 Å². The predicted octanol–water partition coefficient (Wildman–Crippen LogP) is 0.361. The van der Waals surface area contributed by atoms with E-state index in [0.29, 0.717) is 31.5 Å². The Balaban J connectivity index is 1.61. The number of amides is 3. The molecule has 2 aliphatic rings. The monoisotopic (exact) mass is 366 g/mol. The first-order valence-electron chi connectivity index (χ1n) is 9.05. The lowest BCUT2D eigenvalue weighted by Gasteiger charge is -2.28. The lowest BCUT2D eigenvalue weighted by molar-refractivity contribution is -0.141. The molecular formula is C17H26N4O5. The minimum absolute atomic E-state index is 0.0263. The van der Waals surface area contributed by atoms with Gasteiger partial charge in [-0.25, -0.2) is 14.6 Å². The van der Waals surface area contributed by atoms with Gasteiger partial charge in [0.25, 0.3) is 0 Å². The fraction of sp³-hybridized carbons (Fsp3) is 0.765. The second kappa shape index (κ2) is 9.91. The smallest absolute Gasteiger partial charge is 0.314 e. The van der Waals surface area contributed by atoms with Gasteiger partial charge in [0.1, 0.15) is 0 Å². The number of carboxylic acid groups (broad SMARTS) is 1. The Morgan fingerprint density at radius 1 is 1.27 bits per heavy atom. The molecule has 9 nitrogen and oxygen atoms in total. The van der Waals surface area contributed by atoms with Crippen molar-refractivity contribution in [1.82, 2.24) is 15.5 Å². The van der Waals surface area contributed by atoms with Gasteiger partial charge < -0.3 is 20.6 Å². The third-order valence-electron chi connectivity index (χ3n) is 5.09. The molecule has 3 unspecified atom stereocenters. The van der Waals surface area contributed by atoms with Crippen LogP contribution >= 0.6 is 0 Å². The van der Waals surface area contributed by atoms with E-state index in [1.54, 1.807) is 6.08 Å². The highest BCUT2D eigenvalue weighted by Gasteiger charge is 2.33. The van der Waals surface area contributed by atoms with E-state index in [4.69, 9.17) is 5.11 Å². The van der Waals surface area contributed by atoms with Gasteiger partial charge in [-0.15, -0.1) is 0 Å². The van der Waals surface area contributed by atoms with Gasteiger partial charge in [0.05, 0.1) is 12.5 Å². The summed E-state index contributed by atoms with van der Waals surface area (Å²) < 4.78 is 0. The highest BCUT2D eigenvalue weighted by molar-refractivity contribution is 5.86. The number of hydrogen-bond acceptors (Lipinski definition) is 5. The first-order chi connectivity index (χ1) is 12.5. The molecule has 0 aromatic carbocycles. The molecule has 9 heteroatoms. The molecule has 0 spiro atoms. The summed E-state index contributed by atoms with van der Waals surface area (Å²) in [7, 11) is 0. The van der Waals surface area contributed by atoms with E-state index in [-0.39, 0.29) is 31.4 Å². The van der Waals surface area contributed by atoms with E-state index < -0.39 is 11.9 Å². The molecule has 26 heavy (non-hydrogen) atoms. The molecule has 0 bridgehead atoms. The zero-order valence-corrected chi connectivity index (χ0v) is 14.8. The molecule has 3 atom stereocenters. The quantitative estimate of drug-likeness (QED) is 0.422. The molecule has 1 heterocycles. The number of nitrogens with one attached hydrogen (secondary N) is 2. The van der Waals surface area contributed by atoms with Crippen molar-refractivity contribution in [1.29, 1.82) is 0 Å². The minimum Gasteiger partial charge on any atom is -0.481 e. The highest BCUT2D eigenvalue weighted by Crippen LogP contribution is 2.28. The Bertz CT molecular complexity index is 576. The van der Waals surface area contributed by atoms with Crippen molar-refractivity contribution in [2.45, 2.75) is 32.1 Å². The molecule has 0 aromatic rings. The number of aliphatic imine (C=N–C) groups is 1. The second-order valence-corrected chi connectivity index (χ2v) is 7.05. The fourth-order valence-electron chi connectivity index (χ4n) is 3.68. The lowest BCUT2D eigenvalue weighted by Crippen LogP contribution is -2.42. The van der Waals surface area contributed by atoms with Crippen LogP contribution in [0.3, 0.4) is 0 Å². The van der Waals surface area contributed by atoms with Gasteiger partial charge >= 0.3 is 12.0 Å². The van der Waals surface area contributed by atoms with Crippen LogP contribution in [-0.2, 0) is 14.4 Å². The first kappa shape index (κ1) is 19.9. The average molecular weight is 366 g/mol. The third-order valence-corrected chi connectivity index (χ3v) is 5.09. The summed E-state index contributed by atoms with van der Waals surface area (Å²) >= 11 is 0. The van der Waals surface area contributed by atoms with Crippen molar-refractivity contribution >= 4 is 24.0 Å². The molecule has 3 amide bonds. The van der Waals surface area contributed by atoms with Gasteiger partial charge in [0.15, 0.2) is 0 Å². The van der Waals surface area contributed by atoms with Gasteiger partial charge in [-0.2, -0.15) is 0 Å². The number of isocyanates is 1. The Morgan fingerprint density at radius 3 is 2.73 bits per heavy atom. The van der Waals surface area contributed by atoms with Crippen LogP contribution < -0.4 is 10.6 Å². The average Bonchev–Trinajstić information content (AvgIpc) is 3.00. The van der Waals surface area contributed by atoms with E-state index in [0.717, 1.165) is 25.7 Å². The summed E-state index contributed by atoms with van der Waals surface area (Å²) in [6.45, 7) is 1.87. The summed E-state index contributed by atoms with van der Waals surface area (Å²) in [5.41, 5.74) is 0. The number of carbonyl (C=O) groups is 3. The number of hydrogen-bond donors (Lipinski definition) is 3. The van der Waals surface area contributed by atoms with Crippen LogP contribution in [0.2, 0.25) is 0 Å². The molecule has 0 radical (unpaired) electrons. The molecular weight excluding hydrogens is 340 g/mol. The summed E-state index contributed by atoms with van der Waals surface area (Å²) in [6.07, 6.45) is 5.69. The Hall–Kier alpha value is -2.41. The van der Waals surface area contributed by atoms with Crippen LogP contribution in [0, 0.1) is 17.8 Å². The van der Waals surface area contributed by atoms with Crippen LogP contribution in [0.15, 0.2) is 4.99 Å². The van der Waals surface area contributed by atoms with Crippen molar-refractivity contribution in [2.24, 2.45) is 22.7 Å². The molecule has 3 N–H and O–H groups in total. The van der Waals surface area contributed by atoms with Gasteiger partial charge in [0, 0.05) is 32.6 Å². The number of rotatable bonds is 8. The third kappa shape index (κ3) is 6.15. The molecule has 1 aliphatic carbocycles. The zero-order valence-electron chi connectivity index (χ0n) is 14.8. The molecule has 2 rings (SSSR count). The topological polar surface area (TPSA) is 128 Å². The van der Waals surface area contributed by atoms with Crippen LogP contribution in [0.1, 0.15) is 32.1 Å². The maximum absolute atomic E-state index is 11.9. The second-order valence-electron chi connectivity index (χ2n) is 7.05. The van der Waals surface area contributed by atoms with Crippen LogP contribution in [0.5, 0.6) is 0 Å². The Kier molecular flexibility index (Phi) is 7.59. The zero-order chi connectivity index (χ0) is 18.9. The normalized spacial score (nSPS) is 25.5. The van der Waals surface area contributed by atoms with Crippen LogP contribution in [0.25, 0.3) is 0 Å². The molecule has 0 aromatic heterocycles. The molecule has 1 saturated heterocycles. The van der Waals surface area contributed by atoms with Crippen LogP contribution in [0.4, 0.5) is 4.79 Å².